The second-order valence-corrected chi connectivity index (χ2v) is 4.01. The second kappa shape index (κ2) is 5.64. The van der Waals surface area contributed by atoms with Gasteiger partial charge in [-0.05, 0) is 19.1 Å². The molecule has 20 heavy (non-hydrogen) atoms. The molecular weight excluding hydrogens is 272 g/mol. The van der Waals surface area contributed by atoms with Gasteiger partial charge in [-0.1, -0.05) is 5.16 Å². The number of aromatic nitrogens is 2. The Hall–Kier alpha value is -2.51. The molecule has 1 aromatic carbocycles. The molecule has 0 spiro atoms. The Kier molecular flexibility index (Phi) is 3.92. The van der Waals surface area contributed by atoms with Gasteiger partial charge in [-0.3, -0.25) is 0 Å². The quantitative estimate of drug-likeness (QED) is 0.872. The van der Waals surface area contributed by atoms with Gasteiger partial charge in [0.05, 0.1) is 11.3 Å². The number of aromatic carboxylic acids is 1. The van der Waals surface area contributed by atoms with Gasteiger partial charge in [-0.25, -0.2) is 13.6 Å². The molecule has 0 bridgehead atoms. The molecule has 2 N–H and O–H groups in total. The Morgan fingerprint density at radius 2 is 2.15 bits per heavy atom. The first-order chi connectivity index (χ1) is 9.49. The summed E-state index contributed by atoms with van der Waals surface area (Å²) < 4.78 is 31.9. The minimum atomic E-state index is -1.52. The summed E-state index contributed by atoms with van der Waals surface area (Å²) in [5.74, 6) is -3.28. The third kappa shape index (κ3) is 2.90. The van der Waals surface area contributed by atoms with E-state index >= 15 is 0 Å². The largest absolute Gasteiger partial charge is 0.478 e. The van der Waals surface area contributed by atoms with Crippen LogP contribution in [0.1, 0.15) is 22.1 Å². The molecule has 0 saturated carbocycles. The van der Waals surface area contributed by atoms with E-state index in [1.807, 2.05) is 0 Å². The highest BCUT2D eigenvalue weighted by molar-refractivity contribution is 5.88. The van der Waals surface area contributed by atoms with Crippen LogP contribution < -0.4 is 5.32 Å². The van der Waals surface area contributed by atoms with Crippen molar-refractivity contribution in [3.05, 3.63) is 41.0 Å². The number of benzene rings is 1. The molecule has 0 saturated heterocycles. The first kappa shape index (κ1) is 13.9. The molecule has 0 aliphatic heterocycles. The number of carbonyl (C=O) groups is 1. The van der Waals surface area contributed by atoms with Crippen LogP contribution in [-0.2, 0) is 6.42 Å². The zero-order valence-corrected chi connectivity index (χ0v) is 10.5. The SMILES string of the molecule is Cc1noc(CCNc2ccc(C(=O)O)c(F)c2F)n1. The Balaban J connectivity index is 2.03. The highest BCUT2D eigenvalue weighted by Gasteiger charge is 2.17. The van der Waals surface area contributed by atoms with E-state index in [-0.39, 0.29) is 12.2 Å². The zero-order chi connectivity index (χ0) is 14.7. The topological polar surface area (TPSA) is 88.2 Å². The van der Waals surface area contributed by atoms with Gasteiger partial charge in [0.2, 0.25) is 5.89 Å². The fourth-order valence-electron chi connectivity index (χ4n) is 1.60. The maximum absolute atomic E-state index is 13.6. The summed E-state index contributed by atoms with van der Waals surface area (Å²) in [5.41, 5.74) is -0.829. The number of hydrogen-bond donors (Lipinski definition) is 2. The number of carboxylic acids is 1. The highest BCUT2D eigenvalue weighted by Crippen LogP contribution is 2.20. The van der Waals surface area contributed by atoms with Crippen molar-refractivity contribution >= 4 is 11.7 Å². The first-order valence-electron chi connectivity index (χ1n) is 5.73. The number of nitrogens with one attached hydrogen (secondary N) is 1. The van der Waals surface area contributed by atoms with Crippen molar-refractivity contribution in [1.82, 2.24) is 10.1 Å². The number of halogens is 2. The molecule has 2 rings (SSSR count). The van der Waals surface area contributed by atoms with E-state index in [0.717, 1.165) is 6.07 Å². The number of carboxylic acid groups (broad SMARTS) is 1. The van der Waals surface area contributed by atoms with Crippen molar-refractivity contribution in [1.29, 1.82) is 0 Å². The lowest BCUT2D eigenvalue weighted by Crippen LogP contribution is -2.10. The van der Waals surface area contributed by atoms with Gasteiger partial charge in [-0.2, -0.15) is 4.98 Å². The predicted octanol–water partition coefficient (Wildman–Crippen LogP) is 2.01. The Labute approximate surface area is 112 Å². The third-order valence-electron chi connectivity index (χ3n) is 2.54. The molecule has 0 aliphatic rings. The van der Waals surface area contributed by atoms with Crippen molar-refractivity contribution in [3.63, 3.8) is 0 Å². The minimum absolute atomic E-state index is 0.122. The number of rotatable bonds is 5. The molecule has 0 atom stereocenters. The fourth-order valence-corrected chi connectivity index (χ4v) is 1.60. The molecule has 2 aromatic rings. The smallest absolute Gasteiger partial charge is 0.338 e. The maximum Gasteiger partial charge on any atom is 0.338 e. The molecule has 0 amide bonds. The van der Waals surface area contributed by atoms with Gasteiger partial charge in [0.15, 0.2) is 17.5 Å². The predicted molar refractivity (Wildman–Crippen MR) is 64.5 cm³/mol. The Bertz CT molecular complexity index is 643. The zero-order valence-electron chi connectivity index (χ0n) is 10.5. The molecule has 1 heterocycles. The van der Waals surface area contributed by atoms with E-state index in [9.17, 15) is 13.6 Å². The maximum atomic E-state index is 13.6. The second-order valence-electron chi connectivity index (χ2n) is 4.01. The third-order valence-corrected chi connectivity index (χ3v) is 2.54. The van der Waals surface area contributed by atoms with Gasteiger partial charge in [0, 0.05) is 13.0 Å². The van der Waals surface area contributed by atoms with Crippen molar-refractivity contribution in [2.45, 2.75) is 13.3 Å². The summed E-state index contributed by atoms with van der Waals surface area (Å²) in [6, 6.07) is 2.17. The lowest BCUT2D eigenvalue weighted by atomic mass is 10.2. The number of hydrogen-bond acceptors (Lipinski definition) is 5. The van der Waals surface area contributed by atoms with E-state index < -0.39 is 23.2 Å². The van der Waals surface area contributed by atoms with Crippen LogP contribution in [0, 0.1) is 18.6 Å². The van der Waals surface area contributed by atoms with Gasteiger partial charge in [-0.15, -0.1) is 0 Å². The summed E-state index contributed by atoms with van der Waals surface area (Å²) in [7, 11) is 0. The summed E-state index contributed by atoms with van der Waals surface area (Å²) in [6.07, 6.45) is 0.336. The summed E-state index contributed by atoms with van der Waals surface area (Å²) >= 11 is 0. The van der Waals surface area contributed by atoms with Crippen LogP contribution in [0.2, 0.25) is 0 Å². The van der Waals surface area contributed by atoms with Crippen molar-refractivity contribution in [2.75, 3.05) is 11.9 Å². The van der Waals surface area contributed by atoms with Gasteiger partial charge < -0.3 is 14.9 Å². The average molecular weight is 283 g/mol. The van der Waals surface area contributed by atoms with E-state index in [2.05, 4.69) is 15.5 Å². The van der Waals surface area contributed by atoms with Gasteiger partial charge >= 0.3 is 5.97 Å². The lowest BCUT2D eigenvalue weighted by molar-refractivity contribution is 0.0690. The minimum Gasteiger partial charge on any atom is -0.478 e. The summed E-state index contributed by atoms with van der Waals surface area (Å²) in [4.78, 5) is 14.6. The number of aryl methyl sites for hydroxylation is 1. The molecule has 1 aromatic heterocycles. The summed E-state index contributed by atoms with van der Waals surface area (Å²) in [6.45, 7) is 1.91. The van der Waals surface area contributed by atoms with E-state index in [0.29, 0.717) is 18.1 Å². The number of anilines is 1. The molecule has 6 nitrogen and oxygen atoms in total. The molecule has 8 heteroatoms. The molecule has 0 radical (unpaired) electrons. The van der Waals surface area contributed by atoms with E-state index in [4.69, 9.17) is 9.63 Å². The van der Waals surface area contributed by atoms with Crippen molar-refractivity contribution < 1.29 is 23.2 Å². The van der Waals surface area contributed by atoms with E-state index in [1.165, 1.54) is 6.07 Å². The fraction of sp³-hybridized carbons (Fsp3) is 0.250. The molecule has 0 aliphatic carbocycles. The molecule has 0 unspecified atom stereocenters. The van der Waals surface area contributed by atoms with Crippen LogP contribution >= 0.6 is 0 Å². The van der Waals surface area contributed by atoms with Crippen LogP contribution in [0.5, 0.6) is 0 Å². The van der Waals surface area contributed by atoms with Crippen LogP contribution in [0.25, 0.3) is 0 Å². The average Bonchev–Trinajstić information content (AvgIpc) is 2.80. The highest BCUT2D eigenvalue weighted by atomic mass is 19.2. The lowest BCUT2D eigenvalue weighted by Gasteiger charge is -2.08. The standard InChI is InChI=1S/C12H11F2N3O3/c1-6-16-9(20-17-6)4-5-15-8-3-2-7(12(18)19)10(13)11(8)14/h2-3,15H,4-5H2,1H3,(H,18,19). The normalized spacial score (nSPS) is 10.6. The van der Waals surface area contributed by atoms with Crippen LogP contribution in [-0.4, -0.2) is 27.8 Å². The van der Waals surface area contributed by atoms with Gasteiger partial charge in [0.25, 0.3) is 0 Å². The van der Waals surface area contributed by atoms with Crippen molar-refractivity contribution in [2.24, 2.45) is 0 Å². The Morgan fingerprint density at radius 3 is 2.75 bits per heavy atom. The van der Waals surface area contributed by atoms with E-state index in [1.54, 1.807) is 6.92 Å². The van der Waals surface area contributed by atoms with Crippen molar-refractivity contribution in [3.8, 4) is 0 Å². The van der Waals surface area contributed by atoms with Gasteiger partial charge in [0.1, 0.15) is 0 Å². The molecular formula is C12H11F2N3O3. The van der Waals surface area contributed by atoms with Crippen LogP contribution in [0.15, 0.2) is 16.7 Å². The molecule has 106 valence electrons. The first-order valence-corrected chi connectivity index (χ1v) is 5.73. The summed E-state index contributed by atoms with van der Waals surface area (Å²) in [5, 5.41) is 14.9. The van der Waals surface area contributed by atoms with Crippen LogP contribution in [0.3, 0.4) is 0 Å². The monoisotopic (exact) mass is 283 g/mol. The Morgan fingerprint density at radius 1 is 1.40 bits per heavy atom. The number of nitrogens with zero attached hydrogens (tertiary/aromatic N) is 2. The van der Waals surface area contributed by atoms with Crippen LogP contribution in [0.4, 0.5) is 14.5 Å². The molecule has 0 fully saturated rings.